The fraction of sp³-hybridized carbons (Fsp3) is 0.348. The molecule has 0 bridgehead atoms. The van der Waals surface area contributed by atoms with Crippen LogP contribution in [0.15, 0.2) is 143 Å². The van der Waals surface area contributed by atoms with Crippen molar-refractivity contribution in [2.45, 2.75) is 132 Å². The maximum atomic E-state index is 13.6. The summed E-state index contributed by atoms with van der Waals surface area (Å²) >= 11 is 0.728. The quantitative estimate of drug-likeness (QED) is 0.00959. The average Bonchev–Trinajstić information content (AvgIpc) is 1.59. The third-order valence-electron chi connectivity index (χ3n) is 16.4. The second-order valence-corrected chi connectivity index (χ2v) is 30.1. The fourth-order valence-electron chi connectivity index (χ4n) is 12.0. The van der Waals surface area contributed by atoms with E-state index in [1.54, 1.807) is 48.5 Å². The third-order valence-corrected chi connectivity index (χ3v) is 20.4. The number of nitrogens with two attached hydrogens (primary N) is 1. The first kappa shape index (κ1) is 72.4. The Morgan fingerprint density at radius 1 is 0.726 bits per heavy atom. The SMILES string of the molecule is CCCC[N+]1=C(/C=C/C(=C/C=C2/N(CCCS(=O)(=O)O)c3ccc4c(S(=O)(=O)O)cccc4c3C2(C)C)c2ccc(C(=O)NCCCCCC(=O)NCc3ccc(C(=O)CCCC(=O)Cc4nnc(S(N)(=O)=O)s4)cn3)cn2)C(C)(C)c2c1ccc1ccccc21.O=S(=O)=O. The Labute approximate surface area is 557 Å². The Balaban J connectivity index is 0.00000281. The highest BCUT2D eigenvalue weighted by molar-refractivity contribution is 7.91. The first-order chi connectivity index (χ1) is 44.9. The van der Waals surface area contributed by atoms with E-state index in [0.29, 0.717) is 70.4 Å². The van der Waals surface area contributed by atoms with E-state index in [-0.39, 0.29) is 89.2 Å². The third kappa shape index (κ3) is 18.3. The molecule has 0 fully saturated rings. The number of fused-ring (bicyclic) bond motifs is 6. The maximum absolute atomic E-state index is 13.6. The minimum Gasteiger partial charge on any atom is -0.352 e. The van der Waals surface area contributed by atoms with E-state index in [2.05, 4.69) is 87.6 Å². The number of primary sulfonamides is 1. The normalized spacial score (nSPS) is 14.8. The van der Waals surface area contributed by atoms with E-state index in [1.165, 1.54) is 29.4 Å². The zero-order valence-corrected chi connectivity index (χ0v) is 57.0. The Bertz CT molecular complexity index is 4700. The van der Waals surface area contributed by atoms with Gasteiger partial charge in [-0.3, -0.25) is 38.3 Å². The largest absolute Gasteiger partial charge is 0.425 e. The van der Waals surface area contributed by atoms with E-state index in [0.717, 1.165) is 58.8 Å². The summed E-state index contributed by atoms with van der Waals surface area (Å²) in [5.41, 5.74) is 6.90. The molecule has 7 aromatic rings. The zero-order chi connectivity index (χ0) is 69.0. The molecule has 9 rings (SSSR count). The van der Waals surface area contributed by atoms with Crippen LogP contribution in [0.1, 0.15) is 147 Å². The molecule has 0 radical (unpaired) electrons. The summed E-state index contributed by atoms with van der Waals surface area (Å²) in [5.74, 6) is -1.41. The number of pyridine rings is 2. The number of nitrogens with one attached hydrogen (secondary N) is 2. The van der Waals surface area contributed by atoms with E-state index < -0.39 is 57.5 Å². The molecule has 0 saturated heterocycles. The number of sulfonamides is 1. The fourth-order valence-corrected chi connectivity index (χ4v) is 14.7. The number of hydrogen-bond donors (Lipinski definition) is 5. The van der Waals surface area contributed by atoms with Crippen molar-refractivity contribution in [3.8, 4) is 0 Å². The maximum Gasteiger partial charge on any atom is 0.425 e. The standard InChI is InChI=1S/C66H73N9O12S4.O3S/c1-6-7-36-74-53-31-25-43-16-10-11-18-49(43)61(53)65(2,3)57(74)33-26-44(27-34-58-66(4,5)62-51-19-14-21-56(91(85,86)87)50(51)29-32-54(62)75(58)37-15-38-89(80,81)82)52-30-24-46(41-70-52)63(79)68-35-12-8-9-22-59(78)71-42-47-28-23-45(40-69-47)55(77)20-13-17-48(76)39-60-72-73-64(88-60)90(67,83)84;1-4(2)3/h10-11,14,16,18-19,21,23-34,40-41H,6-9,12-13,15,17,20,22,35-39,42H2,1-5H3,(H5-,67,68,71,78,79,80,81,82,83,84,85,86,87);/p+1. The Morgan fingerprint density at radius 3 is 2.13 bits per heavy atom. The lowest BCUT2D eigenvalue weighted by atomic mass is 9.79. The number of anilines is 1. The smallest absolute Gasteiger partial charge is 0.352 e. The summed E-state index contributed by atoms with van der Waals surface area (Å²) in [4.78, 5) is 62.4. The average molecular weight is 1390 g/mol. The highest BCUT2D eigenvalue weighted by atomic mass is 32.2. The van der Waals surface area contributed by atoms with Gasteiger partial charge in [0.1, 0.15) is 22.2 Å². The van der Waals surface area contributed by atoms with Crippen molar-refractivity contribution in [1.82, 2.24) is 30.8 Å². The number of allylic oxidation sites excluding steroid dienone is 6. The van der Waals surface area contributed by atoms with Gasteiger partial charge in [0.15, 0.2) is 11.5 Å². The number of nitrogens with zero attached hydrogens (tertiary/aromatic N) is 6. The number of Topliss-reactive ketones (excluding diaryl/α,β-unsaturated/α-hetero) is 2. The van der Waals surface area contributed by atoms with Crippen molar-refractivity contribution < 1.29 is 70.7 Å². The van der Waals surface area contributed by atoms with Crippen LogP contribution in [0.4, 0.5) is 11.4 Å². The predicted octanol–water partition coefficient (Wildman–Crippen LogP) is 9.07. The number of aromatic nitrogens is 4. The predicted molar refractivity (Wildman–Crippen MR) is 361 cm³/mol. The molecular weight excluding hydrogens is 1320 g/mol. The van der Waals surface area contributed by atoms with E-state index in [9.17, 15) is 53.5 Å². The highest BCUT2D eigenvalue weighted by Crippen LogP contribution is 2.52. The minimum atomic E-state index is -4.60. The summed E-state index contributed by atoms with van der Waals surface area (Å²) < 4.78 is 120. The Morgan fingerprint density at radius 2 is 1.45 bits per heavy atom. The van der Waals surface area contributed by atoms with Crippen LogP contribution in [0.25, 0.3) is 27.1 Å². The van der Waals surface area contributed by atoms with Crippen LogP contribution < -0.4 is 20.7 Å². The second-order valence-electron chi connectivity index (χ2n) is 23.9. The first-order valence-electron chi connectivity index (χ1n) is 30.6. The van der Waals surface area contributed by atoms with Crippen molar-refractivity contribution in [3.63, 3.8) is 0 Å². The molecule has 0 saturated carbocycles. The van der Waals surface area contributed by atoms with Crippen LogP contribution in [-0.2, 0) is 74.3 Å². The molecule has 0 atom stereocenters. The van der Waals surface area contributed by atoms with E-state index in [4.69, 9.17) is 22.7 Å². The number of rotatable bonds is 29. The van der Waals surface area contributed by atoms with Crippen molar-refractivity contribution in [3.05, 3.63) is 172 Å². The molecule has 0 unspecified atom stereocenters. The molecule has 4 aromatic carbocycles. The van der Waals surface area contributed by atoms with E-state index >= 15 is 0 Å². The molecule has 0 spiro atoms. The molecular formula is C66H74N9O15S5+. The summed E-state index contributed by atoms with van der Waals surface area (Å²) in [6.45, 7) is 12.1. The molecule has 2 aliphatic heterocycles. The van der Waals surface area contributed by atoms with Gasteiger partial charge >= 0.3 is 10.6 Å². The van der Waals surface area contributed by atoms with Gasteiger partial charge in [0, 0.05) is 102 Å². The van der Waals surface area contributed by atoms with Gasteiger partial charge in [0.05, 0.1) is 41.1 Å². The molecule has 502 valence electrons. The van der Waals surface area contributed by atoms with Crippen LogP contribution >= 0.6 is 11.3 Å². The lowest BCUT2D eigenvalue weighted by Crippen LogP contribution is -2.28. The van der Waals surface area contributed by atoms with Gasteiger partial charge in [-0.25, -0.2) is 13.6 Å². The van der Waals surface area contributed by atoms with Crippen LogP contribution in [0.3, 0.4) is 0 Å². The van der Waals surface area contributed by atoms with Gasteiger partial charge in [-0.05, 0) is 116 Å². The summed E-state index contributed by atoms with van der Waals surface area (Å²) in [7, 11) is -16.0. The minimum absolute atomic E-state index is 0.0679. The Hall–Kier alpha value is -8.42. The topological polar surface area (TPSA) is 370 Å². The molecule has 3 aromatic heterocycles. The van der Waals surface area contributed by atoms with Crippen LogP contribution in [0.2, 0.25) is 0 Å². The molecule has 2 aliphatic rings. The number of benzene rings is 4. The molecule has 24 nitrogen and oxygen atoms in total. The molecule has 0 aliphatic carbocycles. The van der Waals surface area contributed by atoms with Gasteiger partial charge in [0.2, 0.25) is 15.9 Å². The molecule has 5 heterocycles. The van der Waals surface area contributed by atoms with Crippen molar-refractivity contribution in [2.75, 3.05) is 30.3 Å². The van der Waals surface area contributed by atoms with Crippen molar-refractivity contribution in [1.29, 1.82) is 0 Å². The first-order valence-corrected chi connectivity index (χ1v) is 37.0. The van der Waals surface area contributed by atoms with Crippen molar-refractivity contribution in [2.24, 2.45) is 5.14 Å². The number of ketones is 2. The molecule has 6 N–H and O–H groups in total. The van der Waals surface area contributed by atoms with Gasteiger partial charge in [-0.2, -0.15) is 21.4 Å². The monoisotopic (exact) mass is 1390 g/mol. The number of hydrogen-bond acceptors (Lipinski definition) is 19. The molecule has 2 amide bonds. The molecule has 95 heavy (non-hydrogen) atoms. The summed E-state index contributed by atoms with van der Waals surface area (Å²) in [5, 5.41) is 21.5. The van der Waals surface area contributed by atoms with Crippen LogP contribution in [-0.4, -0.2) is 126 Å². The van der Waals surface area contributed by atoms with Crippen molar-refractivity contribution >= 4 is 120 Å². The lowest BCUT2D eigenvalue weighted by molar-refractivity contribution is -0.438. The summed E-state index contributed by atoms with van der Waals surface area (Å²) in [6.07, 6.45) is 15.5. The van der Waals surface area contributed by atoms with Gasteiger partial charge in [-0.1, -0.05) is 93.5 Å². The Kier molecular flexibility index (Phi) is 23.6. The second kappa shape index (κ2) is 31.0. The number of carbonyl (C=O) groups is 4. The zero-order valence-electron chi connectivity index (χ0n) is 52.9. The van der Waals surface area contributed by atoms with Gasteiger partial charge in [0.25, 0.3) is 36.2 Å². The van der Waals surface area contributed by atoms with Gasteiger partial charge in [-0.15, -0.1) is 22.8 Å². The number of amides is 2. The number of carbonyl (C=O) groups excluding carboxylic acids is 4. The summed E-state index contributed by atoms with van der Waals surface area (Å²) in [6, 6.07) is 27.6. The van der Waals surface area contributed by atoms with Gasteiger partial charge < -0.3 is 15.5 Å². The van der Waals surface area contributed by atoms with Crippen LogP contribution in [0, 0.1) is 0 Å². The van der Waals surface area contributed by atoms with Crippen LogP contribution in [0.5, 0.6) is 0 Å². The highest BCUT2D eigenvalue weighted by Gasteiger charge is 2.46. The molecule has 29 heteroatoms. The lowest BCUT2D eigenvalue weighted by Gasteiger charge is -2.27. The number of unbranched alkanes of at least 4 members (excludes halogenated alkanes) is 3. The van der Waals surface area contributed by atoms with E-state index in [1.807, 2.05) is 43.0 Å².